The standard InChI is InChI=1S/C27H23ClN2O2.C27H22F2N2O2.C27H23FN2O2.C27H24N2O2/c1-18-9-12-25-21(13-18)22(20-7-5-4-6-8-20)16-30(25)17-27(2,32)26(31)15-19-10-11-24(29-3)23(28)14-19;1-17-12-18(4-9-24(17)30-3)13-26(32)27(2,33)16-31-11-10-22-23(29)14-20(15-25(22)31)19-5-7-21(28)8-6-19;1-18-15-19(9-11-23(18)29-3)16-25(31)27(2,32)17-30-14-13-22-24(30)12-10-21(26(22)28)20-7-5-4-6-8-20;1-19-16-20(12-13-24(19)28-3)17-26(30)27(2,31)18-29-15-14-23-22(10-7-11-25(23)29)21-8-5-4-6-9-21/h4-14,16,32H,15,17H2,1-2H3;4-12,14-15,33H,13,16H2,1-2H3;4-15,32H,16-17H2,1-2H3;4-16,31H,17-18H2,1-2H3/t4*27-/m0000/s1. The average molecular weight is 1720 g/mol. The Hall–Kier alpha value is -14.6. The molecule has 0 amide bonds. The SMILES string of the molecule is [C-]#[N+]c1ccc(CC(=O)[C@@](C)(O)Cn2cc(-c3ccccc3)c3cc(C)ccc32)cc1Cl.[C-]#[N+]c1ccc(CC(=O)[C@@](C)(O)Cn2ccc3c(-c4ccccc4)cccc32)cc1C.[C-]#[N+]c1ccc(CC(=O)[C@@](C)(O)Cn2ccc3c(F)c(-c4ccccc4)ccc32)cc1C.[C-]#[N+]c1ccc(CC(=O)[C@@](C)(O)Cn2ccc3c(F)cc(-c4ccc(F)cc4)cc32)cc1C. The third kappa shape index (κ3) is 21.0. The molecule has 0 saturated heterocycles. The van der Waals surface area contributed by atoms with E-state index in [0.29, 0.717) is 77.4 Å². The molecule has 128 heavy (non-hydrogen) atoms. The quantitative estimate of drug-likeness (QED) is 0.0430. The first-order valence-corrected chi connectivity index (χ1v) is 41.8. The van der Waals surface area contributed by atoms with E-state index in [0.717, 1.165) is 83.0 Å². The number of nitrogens with zero attached hydrogens (tertiary/aromatic N) is 8. The van der Waals surface area contributed by atoms with Gasteiger partial charge in [0.05, 0.1) is 63.5 Å². The van der Waals surface area contributed by atoms with Crippen LogP contribution in [0.25, 0.3) is 107 Å². The summed E-state index contributed by atoms with van der Waals surface area (Å²) in [5.41, 5.74) is 12.1. The Morgan fingerprint density at radius 3 is 1.16 bits per heavy atom. The molecule has 20 heteroatoms. The highest BCUT2D eigenvalue weighted by Crippen LogP contribution is 2.38. The van der Waals surface area contributed by atoms with Gasteiger partial charge in [0.15, 0.2) is 40.2 Å². The smallest absolute Gasteiger partial charge is 0.205 e. The van der Waals surface area contributed by atoms with Gasteiger partial charge in [-0.1, -0.05) is 211 Å². The predicted molar refractivity (Wildman–Crippen MR) is 501 cm³/mol. The van der Waals surface area contributed by atoms with Crippen LogP contribution >= 0.6 is 11.6 Å². The largest absolute Gasteiger partial charge is 0.380 e. The lowest BCUT2D eigenvalue weighted by molar-refractivity contribution is -0.136. The lowest BCUT2D eigenvalue weighted by atomic mass is 9.94. The number of benzene rings is 12. The molecule has 0 aliphatic carbocycles. The summed E-state index contributed by atoms with van der Waals surface area (Å²) in [7, 11) is 0. The van der Waals surface area contributed by atoms with E-state index in [-0.39, 0.29) is 86.6 Å². The average Bonchev–Trinajstić information content (AvgIpc) is 1.63. The van der Waals surface area contributed by atoms with E-state index in [2.05, 4.69) is 62.7 Å². The lowest BCUT2D eigenvalue weighted by Crippen LogP contribution is -2.40. The summed E-state index contributed by atoms with van der Waals surface area (Å²) in [5.74, 6) is -2.41. The number of hydrogen-bond donors (Lipinski definition) is 4. The normalized spacial score (nSPS) is 13.0. The summed E-state index contributed by atoms with van der Waals surface area (Å²) >= 11 is 6.10. The van der Waals surface area contributed by atoms with Crippen molar-refractivity contribution in [3.05, 3.63) is 404 Å². The molecule has 0 aliphatic rings. The zero-order chi connectivity index (χ0) is 91.5. The topological polar surface area (TPSA) is 186 Å². The van der Waals surface area contributed by atoms with E-state index in [1.807, 2.05) is 145 Å². The molecule has 4 heterocycles. The zero-order valence-corrected chi connectivity index (χ0v) is 72.6. The first-order chi connectivity index (χ1) is 61.1. The highest BCUT2D eigenvalue weighted by atomic mass is 35.5. The Bertz CT molecular complexity index is 7080. The van der Waals surface area contributed by atoms with Crippen LogP contribution in [0.3, 0.4) is 0 Å². The third-order valence-electron chi connectivity index (χ3n) is 23.1. The molecule has 0 fully saturated rings. The van der Waals surface area contributed by atoms with E-state index >= 15 is 4.39 Å². The molecule has 16 rings (SSSR count). The number of ketones is 4. The molecule has 4 aromatic heterocycles. The first kappa shape index (κ1) is 91.1. The summed E-state index contributed by atoms with van der Waals surface area (Å²) in [5, 5.41) is 47.3. The molecule has 0 radical (unpaired) electrons. The van der Waals surface area contributed by atoms with Crippen LogP contribution < -0.4 is 0 Å². The molecule has 0 unspecified atom stereocenters. The Balaban J connectivity index is 0.000000146. The molecule has 16 aromatic rings. The minimum absolute atomic E-state index is 0.0125. The van der Waals surface area contributed by atoms with Crippen molar-refractivity contribution in [1.82, 2.24) is 18.3 Å². The molecule has 640 valence electrons. The van der Waals surface area contributed by atoms with Gasteiger partial charge in [0.1, 0.15) is 39.9 Å². The molecule has 0 spiro atoms. The zero-order valence-electron chi connectivity index (χ0n) is 71.9. The van der Waals surface area contributed by atoms with Gasteiger partial charge in [-0.15, -0.1) is 0 Å². The number of rotatable bonds is 24. The maximum absolute atomic E-state index is 15.2. The fourth-order valence-electron chi connectivity index (χ4n) is 15.8. The lowest BCUT2D eigenvalue weighted by Gasteiger charge is -2.23. The highest BCUT2D eigenvalue weighted by molar-refractivity contribution is 6.33. The van der Waals surface area contributed by atoms with Crippen molar-refractivity contribution in [1.29, 1.82) is 0 Å². The van der Waals surface area contributed by atoms with E-state index in [9.17, 15) is 48.4 Å². The Morgan fingerprint density at radius 1 is 0.336 bits per heavy atom. The van der Waals surface area contributed by atoms with Gasteiger partial charge in [0.2, 0.25) is 5.69 Å². The van der Waals surface area contributed by atoms with Gasteiger partial charge in [-0.2, -0.15) is 0 Å². The van der Waals surface area contributed by atoms with E-state index < -0.39 is 28.2 Å². The van der Waals surface area contributed by atoms with Crippen molar-refractivity contribution in [2.45, 2.75) is 130 Å². The second kappa shape index (κ2) is 38.9. The van der Waals surface area contributed by atoms with Crippen molar-refractivity contribution < 1.29 is 52.8 Å². The number of aromatic nitrogens is 4. The molecule has 0 aliphatic heterocycles. The van der Waals surface area contributed by atoms with Crippen LogP contribution in [-0.4, -0.2) is 84.2 Å². The molecular formula is C108H92ClF3N8O8. The van der Waals surface area contributed by atoms with Crippen molar-refractivity contribution >= 4 is 101 Å². The number of carbonyl (C=O) groups is 4. The Kier molecular flexibility index (Phi) is 27.6. The van der Waals surface area contributed by atoms with Crippen LogP contribution in [0.4, 0.5) is 35.9 Å². The number of carbonyl (C=O) groups excluding carboxylic acids is 4. The summed E-state index contributed by atoms with van der Waals surface area (Å²) < 4.78 is 50.5. The van der Waals surface area contributed by atoms with E-state index in [1.54, 1.807) is 145 Å². The number of aryl methyl sites for hydroxylation is 4. The summed E-state index contributed by atoms with van der Waals surface area (Å²) in [4.78, 5) is 65.4. The number of Topliss-reactive ketones (excluding diaryl/α,β-unsaturated/α-hetero) is 4. The van der Waals surface area contributed by atoms with Gasteiger partial charge in [-0.05, 0) is 201 Å². The van der Waals surface area contributed by atoms with Crippen LogP contribution in [0.5, 0.6) is 0 Å². The van der Waals surface area contributed by atoms with E-state index in [4.69, 9.17) is 37.9 Å². The van der Waals surface area contributed by atoms with Crippen molar-refractivity contribution in [2.24, 2.45) is 0 Å². The van der Waals surface area contributed by atoms with Crippen molar-refractivity contribution in [2.75, 3.05) is 0 Å². The van der Waals surface area contributed by atoms with Gasteiger partial charge in [-0.25, -0.2) is 32.6 Å². The number of fused-ring (bicyclic) bond motifs is 4. The molecule has 12 aromatic carbocycles. The minimum Gasteiger partial charge on any atom is -0.380 e. The fourth-order valence-corrected chi connectivity index (χ4v) is 16.1. The van der Waals surface area contributed by atoms with Crippen LogP contribution in [0.15, 0.2) is 292 Å². The van der Waals surface area contributed by atoms with Crippen LogP contribution in [0.1, 0.15) is 72.2 Å². The van der Waals surface area contributed by atoms with Gasteiger partial charge in [0, 0.05) is 99.2 Å². The first-order valence-electron chi connectivity index (χ1n) is 41.4. The maximum atomic E-state index is 15.2. The third-order valence-corrected chi connectivity index (χ3v) is 23.4. The molecular weight excluding hydrogens is 1630 g/mol. The second-order valence-corrected chi connectivity index (χ2v) is 33.6. The second-order valence-electron chi connectivity index (χ2n) is 33.2. The van der Waals surface area contributed by atoms with Gasteiger partial charge in [0.25, 0.3) is 0 Å². The molecule has 0 bridgehead atoms. The van der Waals surface area contributed by atoms with Gasteiger partial charge >= 0.3 is 0 Å². The molecule has 0 saturated carbocycles. The van der Waals surface area contributed by atoms with Crippen LogP contribution in [-0.2, 0) is 71.0 Å². The molecule has 4 atom stereocenters. The fraction of sp³-hybridized carbons (Fsp3) is 0.185. The van der Waals surface area contributed by atoms with Gasteiger partial charge in [-0.3, -0.25) is 19.2 Å². The monoisotopic (exact) mass is 1720 g/mol. The maximum Gasteiger partial charge on any atom is 0.205 e. The number of hydrogen-bond acceptors (Lipinski definition) is 8. The predicted octanol–water partition coefficient (Wildman–Crippen LogP) is 24.0. The Morgan fingerprint density at radius 2 is 0.719 bits per heavy atom. The Labute approximate surface area is 746 Å². The van der Waals surface area contributed by atoms with Gasteiger partial charge < -0.3 is 38.7 Å². The summed E-state index contributed by atoms with van der Waals surface area (Å²) in [6.07, 6.45) is 7.49. The minimum atomic E-state index is -1.69. The number of halogens is 4. The van der Waals surface area contributed by atoms with Crippen LogP contribution in [0.2, 0.25) is 5.02 Å². The summed E-state index contributed by atoms with van der Waals surface area (Å²) in [6, 6.07) is 80.3. The molecule has 4 N–H and O–H groups in total. The number of aliphatic hydroxyl groups is 4. The van der Waals surface area contributed by atoms with E-state index in [1.165, 1.54) is 32.0 Å². The highest BCUT2D eigenvalue weighted by Gasteiger charge is 2.36. The molecule has 16 nitrogen and oxygen atoms in total. The summed E-state index contributed by atoms with van der Waals surface area (Å²) in [6.45, 7) is 42.4. The van der Waals surface area contributed by atoms with Crippen molar-refractivity contribution in [3.8, 4) is 44.5 Å². The van der Waals surface area contributed by atoms with Crippen molar-refractivity contribution in [3.63, 3.8) is 0 Å². The van der Waals surface area contributed by atoms with Crippen LogP contribution in [0, 0.1) is 71.4 Å².